The van der Waals surface area contributed by atoms with Crippen LogP contribution in [0.5, 0.6) is 0 Å². The molecule has 3 rings (SSSR count). The molecule has 1 aliphatic carbocycles. The van der Waals surface area contributed by atoms with E-state index < -0.39 is 0 Å². The van der Waals surface area contributed by atoms with Gasteiger partial charge < -0.3 is 5.32 Å². The van der Waals surface area contributed by atoms with Crippen molar-refractivity contribution in [3.63, 3.8) is 0 Å². The summed E-state index contributed by atoms with van der Waals surface area (Å²) in [4.78, 5) is 1.23. The van der Waals surface area contributed by atoms with Crippen molar-refractivity contribution in [2.24, 2.45) is 0 Å². The minimum Gasteiger partial charge on any atom is -0.377 e. The number of aryl methyl sites for hydroxylation is 1. The highest BCUT2D eigenvalue weighted by Gasteiger charge is 2.23. The molecule has 1 N–H and O–H groups in total. The quantitative estimate of drug-likeness (QED) is 0.601. The van der Waals surface area contributed by atoms with Crippen LogP contribution in [0.25, 0.3) is 0 Å². The predicted octanol–water partition coefficient (Wildman–Crippen LogP) is 5.20. The third-order valence-electron chi connectivity index (χ3n) is 3.76. The molecule has 0 aromatic heterocycles. The molecule has 0 spiro atoms. The first-order chi connectivity index (χ1) is 10.3. The highest BCUT2D eigenvalue weighted by Crippen LogP contribution is 2.36. The molecular formula is C18H18FNS. The van der Waals surface area contributed by atoms with Gasteiger partial charge in [0, 0.05) is 16.3 Å². The number of anilines is 1. The van der Waals surface area contributed by atoms with Crippen LogP contribution >= 0.6 is 11.8 Å². The molecule has 0 fully saturated rings. The second kappa shape index (κ2) is 6.35. The van der Waals surface area contributed by atoms with Crippen LogP contribution in [-0.4, -0.2) is 5.75 Å². The number of benzene rings is 2. The fourth-order valence-electron chi connectivity index (χ4n) is 2.78. The SMILES string of the molecule is C=CCSc1ccccc1NC1CCc2cc(F)ccc21. The molecule has 0 heterocycles. The van der Waals surface area contributed by atoms with E-state index in [0.717, 1.165) is 29.8 Å². The van der Waals surface area contributed by atoms with Crippen LogP contribution in [0.15, 0.2) is 60.0 Å². The topological polar surface area (TPSA) is 12.0 Å². The van der Waals surface area contributed by atoms with E-state index >= 15 is 0 Å². The lowest BCUT2D eigenvalue weighted by molar-refractivity contribution is 0.626. The normalized spacial score (nSPS) is 16.5. The molecule has 0 radical (unpaired) electrons. The van der Waals surface area contributed by atoms with Crippen molar-refractivity contribution in [2.75, 3.05) is 11.1 Å². The first-order valence-electron chi connectivity index (χ1n) is 7.15. The molecule has 1 atom stereocenters. The van der Waals surface area contributed by atoms with Gasteiger partial charge in [0.25, 0.3) is 0 Å². The number of rotatable bonds is 5. The summed E-state index contributed by atoms with van der Waals surface area (Å²) in [7, 11) is 0. The fraction of sp³-hybridized carbons (Fsp3) is 0.222. The third kappa shape index (κ3) is 3.13. The molecule has 3 heteroatoms. The van der Waals surface area contributed by atoms with Crippen molar-refractivity contribution in [2.45, 2.75) is 23.8 Å². The summed E-state index contributed by atoms with van der Waals surface area (Å²) in [5.74, 6) is 0.752. The van der Waals surface area contributed by atoms with Gasteiger partial charge in [-0.25, -0.2) is 4.39 Å². The van der Waals surface area contributed by atoms with Crippen molar-refractivity contribution in [3.8, 4) is 0 Å². The molecule has 0 amide bonds. The van der Waals surface area contributed by atoms with Crippen LogP contribution in [0.4, 0.5) is 10.1 Å². The van der Waals surface area contributed by atoms with E-state index in [4.69, 9.17) is 0 Å². The second-order valence-electron chi connectivity index (χ2n) is 5.17. The van der Waals surface area contributed by atoms with Gasteiger partial charge in [-0.3, -0.25) is 0 Å². The largest absolute Gasteiger partial charge is 0.377 e. The molecule has 0 saturated heterocycles. The Hall–Kier alpha value is -1.74. The van der Waals surface area contributed by atoms with E-state index in [1.165, 1.54) is 10.5 Å². The minimum absolute atomic E-state index is 0.142. The number of hydrogen-bond acceptors (Lipinski definition) is 2. The Morgan fingerprint density at radius 3 is 3.00 bits per heavy atom. The maximum atomic E-state index is 13.3. The molecule has 1 aliphatic rings. The summed E-state index contributed by atoms with van der Waals surface area (Å²) >= 11 is 1.77. The summed E-state index contributed by atoms with van der Waals surface area (Å²) < 4.78 is 13.3. The molecule has 1 nitrogen and oxygen atoms in total. The molecule has 0 bridgehead atoms. The molecule has 2 aromatic rings. The molecule has 0 aliphatic heterocycles. The maximum absolute atomic E-state index is 13.3. The van der Waals surface area contributed by atoms with Gasteiger partial charge in [0.05, 0.1) is 6.04 Å². The van der Waals surface area contributed by atoms with Crippen molar-refractivity contribution in [1.82, 2.24) is 0 Å². The first-order valence-corrected chi connectivity index (χ1v) is 8.14. The van der Waals surface area contributed by atoms with E-state index in [-0.39, 0.29) is 11.9 Å². The lowest BCUT2D eigenvalue weighted by Gasteiger charge is -2.18. The van der Waals surface area contributed by atoms with E-state index in [9.17, 15) is 4.39 Å². The lowest BCUT2D eigenvalue weighted by Crippen LogP contribution is -2.07. The second-order valence-corrected chi connectivity index (χ2v) is 6.24. The van der Waals surface area contributed by atoms with E-state index in [2.05, 4.69) is 30.1 Å². The monoisotopic (exact) mass is 299 g/mol. The standard InChI is InChI=1S/C18H18FNS/c1-2-11-21-18-6-4-3-5-17(18)20-16-10-7-13-12-14(19)8-9-15(13)16/h2-6,8-9,12,16,20H,1,7,10-11H2. The first kappa shape index (κ1) is 14.2. The average molecular weight is 299 g/mol. The Morgan fingerprint density at radius 2 is 2.14 bits per heavy atom. The highest BCUT2D eigenvalue weighted by molar-refractivity contribution is 7.99. The van der Waals surface area contributed by atoms with E-state index in [1.54, 1.807) is 23.9 Å². The van der Waals surface area contributed by atoms with Gasteiger partial charge in [-0.2, -0.15) is 0 Å². The Morgan fingerprint density at radius 1 is 1.29 bits per heavy atom. The fourth-order valence-corrected chi connectivity index (χ4v) is 3.54. The van der Waals surface area contributed by atoms with Gasteiger partial charge in [0.1, 0.15) is 5.82 Å². The molecular weight excluding hydrogens is 281 g/mol. The molecule has 1 unspecified atom stereocenters. The van der Waals surface area contributed by atoms with Gasteiger partial charge >= 0.3 is 0 Å². The van der Waals surface area contributed by atoms with Crippen LogP contribution in [0.1, 0.15) is 23.6 Å². The number of nitrogens with one attached hydrogen (secondary N) is 1. The van der Waals surface area contributed by atoms with Crippen molar-refractivity contribution in [1.29, 1.82) is 0 Å². The number of fused-ring (bicyclic) bond motifs is 1. The number of para-hydroxylation sites is 1. The number of hydrogen-bond donors (Lipinski definition) is 1. The zero-order valence-corrected chi connectivity index (χ0v) is 12.6. The zero-order chi connectivity index (χ0) is 14.7. The van der Waals surface area contributed by atoms with Crippen molar-refractivity contribution < 1.29 is 4.39 Å². The van der Waals surface area contributed by atoms with Crippen LogP contribution < -0.4 is 5.32 Å². The van der Waals surface area contributed by atoms with Crippen molar-refractivity contribution in [3.05, 3.63) is 72.1 Å². The Kier molecular flexibility index (Phi) is 4.30. The highest BCUT2D eigenvalue weighted by atomic mass is 32.2. The maximum Gasteiger partial charge on any atom is 0.123 e. The average Bonchev–Trinajstić information content (AvgIpc) is 2.88. The van der Waals surface area contributed by atoms with Crippen molar-refractivity contribution >= 4 is 17.4 Å². The Balaban J connectivity index is 1.81. The third-order valence-corrected chi connectivity index (χ3v) is 4.83. The summed E-state index contributed by atoms with van der Waals surface area (Å²) in [5, 5.41) is 3.62. The number of thioether (sulfide) groups is 1. The van der Waals surface area contributed by atoms with Gasteiger partial charge in [-0.15, -0.1) is 18.3 Å². The van der Waals surface area contributed by atoms with E-state index in [1.807, 2.05) is 18.2 Å². The summed E-state index contributed by atoms with van der Waals surface area (Å²) in [6.07, 6.45) is 3.86. The van der Waals surface area contributed by atoms with Crippen LogP contribution in [0.3, 0.4) is 0 Å². The summed E-state index contributed by atoms with van der Waals surface area (Å²) in [5.41, 5.74) is 3.50. The van der Waals surface area contributed by atoms with Gasteiger partial charge in [-0.1, -0.05) is 24.3 Å². The smallest absolute Gasteiger partial charge is 0.123 e. The van der Waals surface area contributed by atoms with Gasteiger partial charge in [-0.05, 0) is 48.2 Å². The molecule has 108 valence electrons. The predicted molar refractivity (Wildman–Crippen MR) is 88.4 cm³/mol. The summed E-state index contributed by atoms with van der Waals surface area (Å²) in [6, 6.07) is 13.7. The lowest BCUT2D eigenvalue weighted by atomic mass is 10.1. The Labute approximate surface area is 129 Å². The number of halogens is 1. The van der Waals surface area contributed by atoms with E-state index in [0.29, 0.717) is 0 Å². The minimum atomic E-state index is -0.142. The van der Waals surface area contributed by atoms with Crippen LogP contribution in [0.2, 0.25) is 0 Å². The zero-order valence-electron chi connectivity index (χ0n) is 11.8. The van der Waals surface area contributed by atoms with Crippen LogP contribution in [0, 0.1) is 5.82 Å². The van der Waals surface area contributed by atoms with Crippen LogP contribution in [-0.2, 0) is 6.42 Å². The molecule has 0 saturated carbocycles. The molecule has 2 aromatic carbocycles. The Bertz CT molecular complexity index is 653. The van der Waals surface area contributed by atoms with Gasteiger partial charge in [0.2, 0.25) is 0 Å². The van der Waals surface area contributed by atoms with Gasteiger partial charge in [0.15, 0.2) is 0 Å². The summed E-state index contributed by atoms with van der Waals surface area (Å²) in [6.45, 7) is 3.77. The molecule has 21 heavy (non-hydrogen) atoms.